The first-order chi connectivity index (χ1) is 13.9. The summed E-state index contributed by atoms with van der Waals surface area (Å²) in [5.41, 5.74) is 2.55. The van der Waals surface area contributed by atoms with Crippen molar-refractivity contribution in [3.63, 3.8) is 0 Å². The molecule has 0 saturated heterocycles. The van der Waals surface area contributed by atoms with Gasteiger partial charge in [0.2, 0.25) is 0 Å². The van der Waals surface area contributed by atoms with Crippen molar-refractivity contribution in [1.29, 1.82) is 0 Å². The summed E-state index contributed by atoms with van der Waals surface area (Å²) >= 11 is 0. The average molecular weight is 408 g/mol. The predicted molar refractivity (Wildman–Crippen MR) is 126 cm³/mol. The van der Waals surface area contributed by atoms with Crippen LogP contribution in [0.25, 0.3) is 10.6 Å². The Morgan fingerprint density at radius 2 is 0.633 bits per heavy atom. The second-order valence-corrected chi connectivity index (χ2v) is 8.70. The standard InChI is InChI=1S/C26H20P2.2Li/c1-5-13-21(14-6-1)25(27-23-17-9-3-10-18-23)26(22-15-7-2-8-16-22)28-24-19-11-4-12-20-24;;/h1-20H;;/q-2;2*+1/b26-25+;;. The summed E-state index contributed by atoms with van der Waals surface area (Å²) in [4.78, 5) is 0. The molecule has 4 heteroatoms. The zero-order valence-electron chi connectivity index (χ0n) is 17.4. The molecule has 0 fully saturated rings. The Labute approximate surface area is 207 Å². The molecule has 30 heavy (non-hydrogen) atoms. The number of benzene rings is 4. The van der Waals surface area contributed by atoms with E-state index in [1.54, 1.807) is 0 Å². The molecule has 0 amide bonds. The van der Waals surface area contributed by atoms with E-state index in [2.05, 4.69) is 121 Å². The summed E-state index contributed by atoms with van der Waals surface area (Å²) in [6.07, 6.45) is 0. The van der Waals surface area contributed by atoms with E-state index < -0.39 is 0 Å². The third kappa shape index (κ3) is 6.85. The molecule has 0 spiro atoms. The van der Waals surface area contributed by atoms with Crippen LogP contribution in [0, 0.1) is 0 Å². The molecule has 4 aromatic carbocycles. The second-order valence-electron chi connectivity index (χ2n) is 6.32. The maximum Gasteiger partial charge on any atom is 1.00 e. The van der Waals surface area contributed by atoms with Crippen LogP contribution in [0.3, 0.4) is 0 Å². The van der Waals surface area contributed by atoms with Gasteiger partial charge >= 0.3 is 37.7 Å². The summed E-state index contributed by atoms with van der Waals surface area (Å²) < 4.78 is 0. The van der Waals surface area contributed by atoms with Crippen molar-refractivity contribution in [2.24, 2.45) is 0 Å². The van der Waals surface area contributed by atoms with Gasteiger partial charge in [-0.25, -0.2) is 21.2 Å². The number of hydrogen-bond donors (Lipinski definition) is 0. The topological polar surface area (TPSA) is 0 Å². The Bertz CT molecular complexity index is 948. The van der Waals surface area contributed by atoms with Crippen molar-refractivity contribution in [1.82, 2.24) is 0 Å². The van der Waals surface area contributed by atoms with Crippen molar-refractivity contribution >= 4 is 38.4 Å². The van der Waals surface area contributed by atoms with Crippen molar-refractivity contribution in [2.75, 3.05) is 0 Å². The van der Waals surface area contributed by atoms with Gasteiger partial charge in [0.25, 0.3) is 0 Å². The summed E-state index contributed by atoms with van der Waals surface area (Å²) in [5.74, 6) is 0. The number of rotatable bonds is 6. The van der Waals surface area contributed by atoms with Crippen molar-refractivity contribution < 1.29 is 37.7 Å². The zero-order chi connectivity index (χ0) is 19.0. The quantitative estimate of drug-likeness (QED) is 0.254. The maximum atomic E-state index is 2.22. The molecule has 0 bridgehead atoms. The molecule has 0 nitrogen and oxygen atoms in total. The van der Waals surface area contributed by atoms with Crippen molar-refractivity contribution in [3.05, 3.63) is 132 Å². The van der Waals surface area contributed by atoms with E-state index >= 15 is 0 Å². The van der Waals surface area contributed by atoms with Gasteiger partial charge in [-0.15, -0.1) is 0 Å². The van der Waals surface area contributed by atoms with E-state index in [9.17, 15) is 0 Å². The van der Waals surface area contributed by atoms with E-state index in [1.807, 2.05) is 0 Å². The van der Waals surface area contributed by atoms with Gasteiger partial charge in [0.05, 0.1) is 0 Å². The fraction of sp³-hybridized carbons (Fsp3) is 0. The summed E-state index contributed by atoms with van der Waals surface area (Å²) in [7, 11) is 2.44. The van der Waals surface area contributed by atoms with Crippen LogP contribution < -0.4 is 48.3 Å². The first-order valence-electron chi connectivity index (χ1n) is 9.29. The van der Waals surface area contributed by atoms with Gasteiger partial charge in [0.1, 0.15) is 0 Å². The normalized spacial score (nSPS) is 11.7. The molecule has 0 aliphatic carbocycles. The van der Waals surface area contributed by atoms with E-state index in [4.69, 9.17) is 0 Å². The molecule has 4 rings (SSSR count). The SMILES string of the molecule is [Li+].[Li+].c1ccc([P-]/C(=C(/[P-]c2ccccc2)c2ccccc2)c2ccccc2)cc1. The molecule has 0 aromatic heterocycles. The molecule has 0 aliphatic heterocycles. The molecule has 0 heterocycles. The molecule has 0 saturated carbocycles. The van der Waals surface area contributed by atoms with Crippen LogP contribution in [0.15, 0.2) is 121 Å². The van der Waals surface area contributed by atoms with E-state index in [1.165, 1.54) is 49.5 Å². The van der Waals surface area contributed by atoms with Gasteiger partial charge < -0.3 is 17.2 Å². The molecule has 0 radical (unpaired) electrons. The molecular formula is C26H20Li2P2. The Balaban J connectivity index is 0.00000160. The summed E-state index contributed by atoms with van der Waals surface area (Å²) in [6.45, 7) is 0. The fourth-order valence-electron chi connectivity index (χ4n) is 2.96. The van der Waals surface area contributed by atoms with E-state index in [0.29, 0.717) is 0 Å². The second kappa shape index (κ2) is 13.2. The molecule has 0 atom stereocenters. The first kappa shape index (κ1) is 24.9. The summed E-state index contributed by atoms with van der Waals surface area (Å²) in [6, 6.07) is 42.9. The minimum absolute atomic E-state index is 0. The van der Waals surface area contributed by atoms with E-state index in [-0.39, 0.29) is 37.7 Å². The molecule has 0 N–H and O–H groups in total. The first-order valence-corrected chi connectivity index (χ1v) is 11.1. The third-order valence-electron chi connectivity index (χ3n) is 4.31. The van der Waals surface area contributed by atoms with Gasteiger partial charge in [-0.3, -0.25) is 0 Å². The molecule has 0 unspecified atom stereocenters. The van der Waals surface area contributed by atoms with Gasteiger partial charge in [0, 0.05) is 0 Å². The third-order valence-corrected chi connectivity index (χ3v) is 7.01. The predicted octanol–water partition coefficient (Wildman–Crippen LogP) is 1.06. The smallest absolute Gasteiger partial charge is 0.474 e. The van der Waals surface area contributed by atoms with Gasteiger partial charge in [-0.05, 0) is 0 Å². The van der Waals surface area contributed by atoms with Crippen LogP contribution in [-0.2, 0) is 0 Å². The minimum Gasteiger partial charge on any atom is -0.474 e. The van der Waals surface area contributed by atoms with Crippen LogP contribution >= 0.6 is 17.2 Å². The zero-order valence-corrected chi connectivity index (χ0v) is 19.2. The molecular weight excluding hydrogens is 388 g/mol. The number of hydrogen-bond acceptors (Lipinski definition) is 0. The van der Waals surface area contributed by atoms with Crippen molar-refractivity contribution in [2.45, 2.75) is 0 Å². The monoisotopic (exact) mass is 408 g/mol. The van der Waals surface area contributed by atoms with Crippen LogP contribution in [0.2, 0.25) is 0 Å². The van der Waals surface area contributed by atoms with Gasteiger partial charge in [0.15, 0.2) is 0 Å². The van der Waals surface area contributed by atoms with Crippen LogP contribution in [-0.4, -0.2) is 0 Å². The molecule has 0 aliphatic rings. The minimum atomic E-state index is 0. The van der Waals surface area contributed by atoms with Gasteiger partial charge in [-0.2, -0.15) is 0 Å². The largest absolute Gasteiger partial charge is 1.00 e. The maximum absolute atomic E-state index is 2.22. The van der Waals surface area contributed by atoms with Crippen LogP contribution in [0.4, 0.5) is 0 Å². The Morgan fingerprint density at radius 3 is 0.933 bits per heavy atom. The van der Waals surface area contributed by atoms with Crippen molar-refractivity contribution in [3.8, 4) is 0 Å². The van der Waals surface area contributed by atoms with Crippen LogP contribution in [0.5, 0.6) is 0 Å². The van der Waals surface area contributed by atoms with Gasteiger partial charge in [-0.1, -0.05) is 132 Å². The Kier molecular flexibility index (Phi) is 10.9. The molecule has 136 valence electrons. The summed E-state index contributed by atoms with van der Waals surface area (Å²) in [5, 5.41) is 5.31. The fourth-order valence-corrected chi connectivity index (χ4v) is 5.45. The Hall–Kier alpha value is -1.33. The molecule has 4 aromatic rings. The van der Waals surface area contributed by atoms with Crippen LogP contribution in [0.1, 0.15) is 11.1 Å². The van der Waals surface area contributed by atoms with E-state index in [0.717, 1.165) is 0 Å². The Morgan fingerprint density at radius 1 is 0.367 bits per heavy atom. The average Bonchev–Trinajstić information content (AvgIpc) is 2.79.